The monoisotopic (exact) mass is 770 g/mol. The van der Waals surface area contributed by atoms with E-state index in [9.17, 15) is 19.2 Å². The van der Waals surface area contributed by atoms with E-state index in [0.29, 0.717) is 19.4 Å². The van der Waals surface area contributed by atoms with Crippen LogP contribution < -0.4 is 16.0 Å². The number of methoxy groups -OCH3 is 2. The Balaban J connectivity index is 1.75. The molecule has 12 nitrogen and oxygen atoms in total. The van der Waals surface area contributed by atoms with Gasteiger partial charge in [0.15, 0.2) is 0 Å². The third-order valence-corrected chi connectivity index (χ3v) is 11.8. The number of aromatic nitrogens is 1. The molecule has 0 saturated carbocycles. The molecule has 3 N–H and O–H groups in total. The summed E-state index contributed by atoms with van der Waals surface area (Å²) >= 11 is 1.50. The maximum atomic E-state index is 14.2. The number of likely N-dealkylation sites (tertiary alicyclic amines) is 1. The van der Waals surface area contributed by atoms with Gasteiger partial charge < -0.3 is 30.3 Å². The first-order chi connectivity index (χ1) is 25.6. The van der Waals surface area contributed by atoms with Crippen molar-refractivity contribution < 1.29 is 28.7 Å². The van der Waals surface area contributed by atoms with Gasteiger partial charge in [0.25, 0.3) is 0 Å². The first-order valence-corrected chi connectivity index (χ1v) is 20.4. The molecule has 1 fully saturated rings. The second-order valence-electron chi connectivity index (χ2n) is 15.7. The van der Waals surface area contributed by atoms with Crippen molar-refractivity contribution in [2.45, 2.75) is 123 Å². The zero-order chi connectivity index (χ0) is 40.1. The number of amides is 4. The van der Waals surface area contributed by atoms with Crippen molar-refractivity contribution in [3.05, 3.63) is 52.5 Å². The second kappa shape index (κ2) is 21.6. The van der Waals surface area contributed by atoms with Crippen molar-refractivity contribution in [1.29, 1.82) is 0 Å². The molecule has 9 atom stereocenters. The highest BCUT2D eigenvalue weighted by Crippen LogP contribution is 2.29. The van der Waals surface area contributed by atoms with Gasteiger partial charge in [0, 0.05) is 32.3 Å². The average Bonchev–Trinajstić information content (AvgIpc) is 3.85. The molecule has 1 aromatic heterocycles. The Morgan fingerprint density at radius 1 is 0.926 bits per heavy atom. The van der Waals surface area contributed by atoms with Crippen molar-refractivity contribution in [2.24, 2.45) is 23.7 Å². The van der Waals surface area contributed by atoms with Crippen LogP contribution in [0.15, 0.2) is 41.9 Å². The number of thiazole rings is 1. The number of ether oxygens (including phenoxy) is 2. The van der Waals surface area contributed by atoms with Crippen LogP contribution in [0.5, 0.6) is 0 Å². The molecule has 1 aliphatic heterocycles. The minimum absolute atomic E-state index is 0.0214. The highest BCUT2D eigenvalue weighted by Gasteiger charge is 2.42. The number of carbonyl (C=O) groups is 4. The van der Waals surface area contributed by atoms with Crippen molar-refractivity contribution >= 4 is 35.0 Å². The Morgan fingerprint density at radius 2 is 1.61 bits per heavy atom. The fourth-order valence-electron chi connectivity index (χ4n) is 7.71. The van der Waals surface area contributed by atoms with E-state index in [-0.39, 0.29) is 65.9 Å². The molecule has 0 bridgehead atoms. The predicted octanol–water partition coefficient (Wildman–Crippen LogP) is 4.85. The van der Waals surface area contributed by atoms with Crippen molar-refractivity contribution in [3.8, 4) is 0 Å². The Morgan fingerprint density at radius 3 is 2.15 bits per heavy atom. The van der Waals surface area contributed by atoms with Crippen LogP contribution in [0.25, 0.3) is 0 Å². The Bertz CT molecular complexity index is 1450. The minimum Gasteiger partial charge on any atom is -0.379 e. The van der Waals surface area contributed by atoms with Gasteiger partial charge in [0.2, 0.25) is 23.6 Å². The summed E-state index contributed by atoms with van der Waals surface area (Å²) in [5, 5.41) is 12.1. The van der Waals surface area contributed by atoms with Gasteiger partial charge in [-0.1, -0.05) is 85.2 Å². The van der Waals surface area contributed by atoms with Crippen LogP contribution in [0.3, 0.4) is 0 Å². The van der Waals surface area contributed by atoms with Crippen LogP contribution in [-0.2, 0) is 35.1 Å². The summed E-state index contributed by atoms with van der Waals surface area (Å²) in [5.74, 6) is -1.48. The average molecular weight is 771 g/mol. The molecule has 1 aliphatic rings. The molecule has 1 aromatic carbocycles. The van der Waals surface area contributed by atoms with Crippen LogP contribution in [0, 0.1) is 23.7 Å². The summed E-state index contributed by atoms with van der Waals surface area (Å²) in [6.07, 6.45) is 3.45. The third-order valence-electron chi connectivity index (χ3n) is 10.9. The SMILES string of the molecule is CCC(C)C(NC(=O)C(NC(=O)C(C(C)C)N(C)C)C(C)C)C(CC(=O)N1CCCC1C(OC)C(C)C(=O)NC(Cc1ccccc1)c1nccs1)OC. The molecule has 0 spiro atoms. The van der Waals surface area contributed by atoms with Gasteiger partial charge in [-0.05, 0) is 56.7 Å². The lowest BCUT2D eigenvalue weighted by molar-refractivity contribution is -0.143. The molecule has 0 radical (unpaired) electrons. The molecular formula is C41H66N6O6S. The summed E-state index contributed by atoms with van der Waals surface area (Å²) in [6.45, 7) is 14.2. The summed E-state index contributed by atoms with van der Waals surface area (Å²) < 4.78 is 12.0. The Kier molecular flexibility index (Phi) is 18.0. The van der Waals surface area contributed by atoms with Crippen LogP contribution in [-0.4, -0.2) is 110 Å². The summed E-state index contributed by atoms with van der Waals surface area (Å²) in [5.41, 5.74) is 1.09. The number of benzene rings is 1. The predicted molar refractivity (Wildman–Crippen MR) is 214 cm³/mol. The molecule has 2 aromatic rings. The maximum absolute atomic E-state index is 14.2. The maximum Gasteiger partial charge on any atom is 0.243 e. The van der Waals surface area contributed by atoms with E-state index in [4.69, 9.17) is 9.47 Å². The highest BCUT2D eigenvalue weighted by molar-refractivity contribution is 7.09. The van der Waals surface area contributed by atoms with Gasteiger partial charge in [0.1, 0.15) is 11.0 Å². The van der Waals surface area contributed by atoms with Crippen molar-refractivity contribution in [2.75, 3.05) is 34.9 Å². The zero-order valence-corrected chi connectivity index (χ0v) is 35.2. The standard InChI is InChI=1S/C41H66N6O6S/c1-12-27(6)35(45-39(50)34(25(2)3)44-40(51)36(26(4)5)46(8)9)32(52-10)24-33(48)47-21-16-19-31(47)37(53-11)28(7)38(49)43-30(41-42-20-22-54-41)23-29-17-14-13-15-18-29/h13-15,17-18,20,22,25-28,30-32,34-37H,12,16,19,21,23-24H2,1-11H3,(H,43,49)(H,44,51)(H,45,50). The first kappa shape index (κ1) is 45.0. The number of nitrogens with one attached hydrogen (secondary N) is 3. The van der Waals surface area contributed by atoms with Crippen molar-refractivity contribution in [3.63, 3.8) is 0 Å². The van der Waals surface area contributed by atoms with E-state index >= 15 is 0 Å². The molecule has 3 rings (SSSR count). The summed E-state index contributed by atoms with van der Waals surface area (Å²) in [7, 11) is 6.87. The van der Waals surface area contributed by atoms with E-state index in [2.05, 4.69) is 20.9 Å². The summed E-state index contributed by atoms with van der Waals surface area (Å²) in [4.78, 5) is 63.5. The number of hydrogen-bond donors (Lipinski definition) is 3. The molecule has 1 saturated heterocycles. The highest BCUT2D eigenvalue weighted by atomic mass is 32.1. The molecule has 54 heavy (non-hydrogen) atoms. The minimum atomic E-state index is -0.764. The number of rotatable bonds is 21. The molecule has 9 unspecified atom stereocenters. The van der Waals surface area contributed by atoms with E-state index < -0.39 is 30.2 Å². The van der Waals surface area contributed by atoms with E-state index in [0.717, 1.165) is 23.4 Å². The van der Waals surface area contributed by atoms with Crippen LogP contribution in [0.1, 0.15) is 90.8 Å². The van der Waals surface area contributed by atoms with Gasteiger partial charge >= 0.3 is 0 Å². The largest absolute Gasteiger partial charge is 0.379 e. The summed E-state index contributed by atoms with van der Waals surface area (Å²) in [6, 6.07) is 7.76. The molecule has 13 heteroatoms. The van der Waals surface area contributed by atoms with Crippen LogP contribution >= 0.6 is 11.3 Å². The van der Waals surface area contributed by atoms with E-state index in [1.54, 1.807) is 20.4 Å². The number of hydrogen-bond acceptors (Lipinski definition) is 9. The number of likely N-dealkylation sites (N-methyl/N-ethyl adjacent to an activating group) is 1. The Labute approximate surface area is 327 Å². The number of nitrogens with zero attached hydrogens (tertiary/aromatic N) is 3. The van der Waals surface area contributed by atoms with Gasteiger partial charge in [-0.25, -0.2) is 4.98 Å². The van der Waals surface area contributed by atoms with Crippen LogP contribution in [0.4, 0.5) is 0 Å². The second-order valence-corrected chi connectivity index (χ2v) is 16.6. The lowest BCUT2D eigenvalue weighted by Gasteiger charge is -2.37. The van der Waals surface area contributed by atoms with E-state index in [1.165, 1.54) is 11.3 Å². The normalized spacial score (nSPS) is 19.1. The van der Waals surface area contributed by atoms with Gasteiger partial charge in [0.05, 0.1) is 48.7 Å². The molecule has 302 valence electrons. The number of carbonyl (C=O) groups excluding carboxylic acids is 4. The molecule has 2 heterocycles. The fraction of sp³-hybridized carbons (Fsp3) is 0.683. The van der Waals surface area contributed by atoms with Gasteiger partial charge in [-0.15, -0.1) is 11.3 Å². The topological polar surface area (TPSA) is 142 Å². The van der Waals surface area contributed by atoms with Gasteiger partial charge in [-0.3, -0.25) is 24.1 Å². The molecule has 4 amide bonds. The van der Waals surface area contributed by atoms with Crippen LogP contribution in [0.2, 0.25) is 0 Å². The lowest BCUT2D eigenvalue weighted by atomic mass is 9.90. The molecule has 0 aliphatic carbocycles. The molecular weight excluding hydrogens is 705 g/mol. The third kappa shape index (κ3) is 12.1. The quantitative estimate of drug-likeness (QED) is 0.164. The first-order valence-electron chi connectivity index (χ1n) is 19.5. The van der Waals surface area contributed by atoms with Gasteiger partial charge in [-0.2, -0.15) is 0 Å². The smallest absolute Gasteiger partial charge is 0.243 e. The Hall–Kier alpha value is -3.39. The zero-order valence-electron chi connectivity index (χ0n) is 34.3. The lowest BCUT2D eigenvalue weighted by Crippen LogP contribution is -2.59. The van der Waals surface area contributed by atoms with E-state index in [1.807, 2.05) is 108 Å². The fourth-order valence-corrected chi connectivity index (χ4v) is 8.40. The van der Waals surface area contributed by atoms with Crippen molar-refractivity contribution in [1.82, 2.24) is 30.7 Å².